The number of ether oxygens (including phenoxy) is 5. The first-order valence-electron chi connectivity index (χ1n) is 14.2. The molecule has 0 aromatic heterocycles. The third-order valence-electron chi connectivity index (χ3n) is 8.46. The van der Waals surface area contributed by atoms with Crippen molar-refractivity contribution in [2.75, 3.05) is 13.7 Å². The fraction of sp³-hybridized carbons (Fsp3) is 0.452. The number of phenols is 3. The van der Waals surface area contributed by atoms with Gasteiger partial charge in [0, 0.05) is 43.4 Å². The molecule has 1 fully saturated rings. The number of carbonyl (C=O) groups excluding carboxylic acids is 5. The molecule has 5 rings (SSSR count). The average molecular weight is 629 g/mol. The second-order valence-electron chi connectivity index (χ2n) is 11.2. The molecule has 45 heavy (non-hydrogen) atoms. The van der Waals surface area contributed by atoms with Crippen molar-refractivity contribution < 1.29 is 68.1 Å². The SMILES string of the molecule is CC[C@@]1(O)C[C@H](O[C@H]2C[C@H](OC(C)=O)[C@H](OC(C)=O)CO2)c2c(O)c3c(c(O)c2[C@H]1C(=O)OC)C(=O)c1cccc(O)c1C3=O. The summed E-state index contributed by atoms with van der Waals surface area (Å²) in [5.74, 6) is -7.98. The summed E-state index contributed by atoms with van der Waals surface area (Å²) in [7, 11) is 1.06. The van der Waals surface area contributed by atoms with Gasteiger partial charge >= 0.3 is 17.9 Å². The van der Waals surface area contributed by atoms with Gasteiger partial charge < -0.3 is 44.1 Å². The van der Waals surface area contributed by atoms with E-state index in [-0.39, 0.29) is 48.1 Å². The maximum Gasteiger partial charge on any atom is 0.316 e. The molecule has 3 aliphatic rings. The van der Waals surface area contributed by atoms with Gasteiger partial charge in [-0.15, -0.1) is 0 Å². The van der Waals surface area contributed by atoms with Crippen LogP contribution >= 0.6 is 0 Å². The van der Waals surface area contributed by atoms with Crippen LogP contribution in [0.2, 0.25) is 0 Å². The molecule has 14 nitrogen and oxygen atoms in total. The molecule has 2 aliphatic carbocycles. The van der Waals surface area contributed by atoms with E-state index in [9.17, 15) is 44.4 Å². The minimum absolute atomic E-state index is 0.0803. The van der Waals surface area contributed by atoms with Gasteiger partial charge in [0.2, 0.25) is 5.78 Å². The molecule has 4 N–H and O–H groups in total. The zero-order valence-corrected chi connectivity index (χ0v) is 24.8. The fourth-order valence-corrected chi connectivity index (χ4v) is 6.44. The predicted molar refractivity (Wildman–Crippen MR) is 149 cm³/mol. The Bertz CT molecular complexity index is 1610. The van der Waals surface area contributed by atoms with E-state index in [1.165, 1.54) is 32.0 Å². The van der Waals surface area contributed by atoms with Crippen molar-refractivity contribution >= 4 is 29.5 Å². The van der Waals surface area contributed by atoms with E-state index in [1.54, 1.807) is 6.92 Å². The van der Waals surface area contributed by atoms with Crippen molar-refractivity contribution in [2.24, 2.45) is 0 Å². The van der Waals surface area contributed by atoms with E-state index in [0.717, 1.165) is 7.11 Å². The highest BCUT2D eigenvalue weighted by molar-refractivity contribution is 6.31. The first-order chi connectivity index (χ1) is 21.2. The van der Waals surface area contributed by atoms with Crippen LogP contribution in [0.25, 0.3) is 0 Å². The normalized spacial score (nSPS) is 27.1. The van der Waals surface area contributed by atoms with E-state index in [2.05, 4.69) is 0 Å². The number of hydrogen-bond donors (Lipinski definition) is 4. The Labute approximate surface area is 256 Å². The number of benzene rings is 2. The van der Waals surface area contributed by atoms with Gasteiger partial charge in [0.1, 0.15) is 29.3 Å². The number of hydrogen-bond acceptors (Lipinski definition) is 14. The molecular weight excluding hydrogens is 596 g/mol. The maximum absolute atomic E-state index is 13.7. The zero-order valence-electron chi connectivity index (χ0n) is 24.8. The average Bonchev–Trinajstić information content (AvgIpc) is 2.97. The van der Waals surface area contributed by atoms with Crippen LogP contribution in [0.15, 0.2) is 18.2 Å². The van der Waals surface area contributed by atoms with Gasteiger partial charge in [-0.05, 0) is 12.5 Å². The Kier molecular flexibility index (Phi) is 8.33. The summed E-state index contributed by atoms with van der Waals surface area (Å²) >= 11 is 0. The summed E-state index contributed by atoms with van der Waals surface area (Å²) in [5, 5.41) is 45.6. The summed E-state index contributed by atoms with van der Waals surface area (Å²) < 4.78 is 27.4. The highest BCUT2D eigenvalue weighted by Crippen LogP contribution is 2.57. The van der Waals surface area contributed by atoms with Crippen molar-refractivity contribution in [3.05, 3.63) is 51.6 Å². The van der Waals surface area contributed by atoms with E-state index in [1.807, 2.05) is 0 Å². The van der Waals surface area contributed by atoms with Crippen LogP contribution in [-0.4, -0.2) is 87.7 Å². The molecule has 0 unspecified atom stereocenters. The lowest BCUT2D eigenvalue weighted by atomic mass is 9.66. The van der Waals surface area contributed by atoms with Crippen LogP contribution in [0.4, 0.5) is 0 Å². The third-order valence-corrected chi connectivity index (χ3v) is 8.46. The first-order valence-corrected chi connectivity index (χ1v) is 14.2. The van der Waals surface area contributed by atoms with E-state index in [4.69, 9.17) is 23.7 Å². The maximum atomic E-state index is 13.7. The fourth-order valence-electron chi connectivity index (χ4n) is 6.44. The Hall–Kier alpha value is -4.53. The van der Waals surface area contributed by atoms with Gasteiger partial charge in [-0.2, -0.15) is 0 Å². The van der Waals surface area contributed by atoms with Gasteiger partial charge in [0.15, 0.2) is 18.2 Å². The van der Waals surface area contributed by atoms with Gasteiger partial charge in [-0.1, -0.05) is 19.1 Å². The van der Waals surface area contributed by atoms with Crippen molar-refractivity contribution in [3.8, 4) is 17.2 Å². The van der Waals surface area contributed by atoms with Crippen molar-refractivity contribution in [2.45, 2.75) is 76.2 Å². The summed E-state index contributed by atoms with van der Waals surface area (Å²) in [5.41, 5.74) is -4.48. The van der Waals surface area contributed by atoms with E-state index < -0.39 is 94.0 Å². The highest BCUT2D eigenvalue weighted by Gasteiger charge is 2.55. The number of methoxy groups -OCH3 is 1. The topological polar surface area (TPSA) is 212 Å². The van der Waals surface area contributed by atoms with Crippen molar-refractivity contribution in [1.82, 2.24) is 0 Å². The number of rotatable bonds is 6. The van der Waals surface area contributed by atoms with Crippen LogP contribution in [0.3, 0.4) is 0 Å². The van der Waals surface area contributed by atoms with E-state index in [0.29, 0.717) is 0 Å². The van der Waals surface area contributed by atoms with Gasteiger partial charge in [0.25, 0.3) is 0 Å². The van der Waals surface area contributed by atoms with Crippen LogP contribution in [0.5, 0.6) is 17.2 Å². The molecule has 1 saturated heterocycles. The largest absolute Gasteiger partial charge is 0.507 e. The molecule has 0 saturated carbocycles. The van der Waals surface area contributed by atoms with Gasteiger partial charge in [0.05, 0.1) is 42.1 Å². The van der Waals surface area contributed by atoms with Gasteiger partial charge in [-0.25, -0.2) is 0 Å². The minimum Gasteiger partial charge on any atom is -0.507 e. The number of fused-ring (bicyclic) bond motifs is 3. The lowest BCUT2D eigenvalue weighted by Crippen LogP contribution is -2.49. The number of aliphatic hydroxyl groups is 1. The van der Waals surface area contributed by atoms with Crippen molar-refractivity contribution in [3.63, 3.8) is 0 Å². The summed E-state index contributed by atoms with van der Waals surface area (Å²) in [6.45, 7) is 3.66. The van der Waals surface area contributed by atoms with Crippen LogP contribution in [0, 0.1) is 0 Å². The number of esters is 3. The first kappa shape index (κ1) is 31.9. The monoisotopic (exact) mass is 628 g/mol. The molecule has 0 spiro atoms. The zero-order chi connectivity index (χ0) is 33.0. The second-order valence-corrected chi connectivity index (χ2v) is 11.2. The number of ketones is 2. The highest BCUT2D eigenvalue weighted by atomic mass is 16.7. The summed E-state index contributed by atoms with van der Waals surface area (Å²) in [6.07, 6.45) is -5.14. The smallest absolute Gasteiger partial charge is 0.316 e. The van der Waals surface area contributed by atoms with Crippen molar-refractivity contribution in [1.29, 1.82) is 0 Å². The lowest BCUT2D eigenvalue weighted by molar-refractivity contribution is -0.251. The quantitative estimate of drug-likeness (QED) is 0.175. The van der Waals surface area contributed by atoms with Gasteiger partial charge in [-0.3, -0.25) is 24.0 Å². The summed E-state index contributed by atoms with van der Waals surface area (Å²) in [6, 6.07) is 3.78. The molecule has 240 valence electrons. The van der Waals surface area contributed by atoms with E-state index >= 15 is 0 Å². The number of aromatic hydroxyl groups is 3. The third kappa shape index (κ3) is 5.28. The molecule has 2 aromatic carbocycles. The lowest BCUT2D eigenvalue weighted by Gasteiger charge is -2.45. The second kappa shape index (κ2) is 11.8. The summed E-state index contributed by atoms with van der Waals surface area (Å²) in [4.78, 5) is 63.9. The molecule has 0 bridgehead atoms. The molecule has 0 amide bonds. The standard InChI is InChI=1S/C31H32O14/c1-5-31(40)10-17(45-19-9-16(43-12(2)32)18(11-42-19)44-13(3)33)21-22(25(31)30(39)41-4)29(38)23-24(28(21)37)27(36)20-14(26(23)35)7-6-8-15(20)34/h6-8,16-19,25,34,37-38,40H,5,9-11H2,1-4H3/t16-,17-,18+,19-,25-,31+/m0/s1. The number of carbonyl (C=O) groups is 5. The van der Waals surface area contributed by atoms with Crippen LogP contribution < -0.4 is 0 Å². The molecule has 6 atom stereocenters. The molecule has 0 radical (unpaired) electrons. The molecule has 2 aromatic rings. The minimum atomic E-state index is -1.95. The molecule has 1 aliphatic heterocycles. The Morgan fingerprint density at radius 2 is 1.56 bits per heavy atom. The Morgan fingerprint density at radius 1 is 0.933 bits per heavy atom. The Balaban J connectivity index is 1.66. The number of phenolic OH excluding ortho intramolecular Hbond substituents is 3. The molecule has 14 heteroatoms. The van der Waals surface area contributed by atoms with Crippen LogP contribution in [0.1, 0.15) is 95.0 Å². The molecule has 1 heterocycles. The predicted octanol–water partition coefficient (Wildman–Crippen LogP) is 2.05. The molecular formula is C31H32O14. The Morgan fingerprint density at radius 3 is 2.18 bits per heavy atom. The van der Waals surface area contributed by atoms with Crippen LogP contribution in [-0.2, 0) is 38.1 Å².